The average Bonchev–Trinajstić information content (AvgIpc) is 3.39. The van der Waals surface area contributed by atoms with E-state index >= 15 is 0 Å². The van der Waals surface area contributed by atoms with Crippen molar-refractivity contribution in [3.05, 3.63) is 96.3 Å². The Morgan fingerprint density at radius 2 is 1.77 bits per heavy atom. The van der Waals surface area contributed by atoms with Crippen LogP contribution >= 0.6 is 0 Å². The van der Waals surface area contributed by atoms with Crippen LogP contribution in [0.3, 0.4) is 0 Å². The van der Waals surface area contributed by atoms with Gasteiger partial charge >= 0.3 is 0 Å². The second-order valence-corrected chi connectivity index (χ2v) is 8.54. The molecular formula is C21H18N4O4S. The Hall–Kier alpha value is -3.72. The molecule has 0 atom stereocenters. The topological polar surface area (TPSA) is 107 Å². The number of nitrogens with one attached hydrogen (secondary N) is 1. The molecule has 0 fully saturated rings. The number of benzene rings is 1. The van der Waals surface area contributed by atoms with Crippen molar-refractivity contribution in [2.45, 2.75) is 17.2 Å². The minimum atomic E-state index is -3.56. The van der Waals surface area contributed by atoms with Gasteiger partial charge in [0.2, 0.25) is 0 Å². The summed E-state index contributed by atoms with van der Waals surface area (Å²) in [4.78, 5) is 16.6. The lowest BCUT2D eigenvalue weighted by Gasteiger charge is -2.03. The summed E-state index contributed by atoms with van der Waals surface area (Å²) in [6.07, 6.45) is 5.15. The molecule has 0 unspecified atom stereocenters. The van der Waals surface area contributed by atoms with Crippen molar-refractivity contribution in [1.29, 1.82) is 0 Å². The molecule has 0 aliphatic carbocycles. The van der Waals surface area contributed by atoms with Gasteiger partial charge in [-0.25, -0.2) is 8.42 Å². The summed E-state index contributed by atoms with van der Waals surface area (Å²) in [5, 5.41) is 6.95. The van der Waals surface area contributed by atoms with E-state index < -0.39 is 15.7 Å². The van der Waals surface area contributed by atoms with Gasteiger partial charge in [0.1, 0.15) is 11.5 Å². The summed E-state index contributed by atoms with van der Waals surface area (Å²) < 4.78 is 32.0. The predicted molar refractivity (Wildman–Crippen MR) is 110 cm³/mol. The smallest absolute Gasteiger partial charge is 0.292 e. The minimum absolute atomic E-state index is 0.0111. The van der Waals surface area contributed by atoms with Gasteiger partial charge in [0, 0.05) is 24.7 Å². The van der Waals surface area contributed by atoms with Crippen molar-refractivity contribution in [2.24, 2.45) is 0 Å². The zero-order valence-electron chi connectivity index (χ0n) is 15.8. The van der Waals surface area contributed by atoms with E-state index in [2.05, 4.69) is 15.4 Å². The van der Waals surface area contributed by atoms with Crippen molar-refractivity contribution in [2.75, 3.05) is 5.32 Å². The molecule has 0 aliphatic rings. The first-order valence-electron chi connectivity index (χ1n) is 9.10. The molecule has 4 aromatic rings. The van der Waals surface area contributed by atoms with Crippen LogP contribution in [-0.4, -0.2) is 29.1 Å². The Morgan fingerprint density at radius 3 is 2.53 bits per heavy atom. The average molecular weight is 422 g/mol. The van der Waals surface area contributed by atoms with E-state index in [1.807, 2.05) is 12.1 Å². The molecule has 0 saturated heterocycles. The maximum Gasteiger partial charge on any atom is 0.292 e. The summed E-state index contributed by atoms with van der Waals surface area (Å²) in [6, 6.07) is 16.5. The van der Waals surface area contributed by atoms with Gasteiger partial charge in [0.15, 0.2) is 21.4 Å². The predicted octanol–water partition coefficient (Wildman–Crippen LogP) is 3.15. The lowest BCUT2D eigenvalue weighted by Crippen LogP contribution is -2.12. The third-order valence-corrected chi connectivity index (χ3v) is 5.95. The van der Waals surface area contributed by atoms with E-state index in [0.29, 0.717) is 12.4 Å². The number of carbonyl (C=O) groups excluding carboxylic acids is 1. The van der Waals surface area contributed by atoms with Crippen LogP contribution in [0.15, 0.2) is 88.6 Å². The lowest BCUT2D eigenvalue weighted by molar-refractivity contribution is 0.0994. The third kappa shape index (κ3) is 4.64. The number of anilines is 1. The van der Waals surface area contributed by atoms with Crippen molar-refractivity contribution >= 4 is 21.6 Å². The second-order valence-electron chi connectivity index (χ2n) is 6.55. The quantitative estimate of drug-likeness (QED) is 0.490. The van der Waals surface area contributed by atoms with Crippen LogP contribution in [0.2, 0.25) is 0 Å². The highest BCUT2D eigenvalue weighted by Crippen LogP contribution is 2.18. The van der Waals surface area contributed by atoms with Crippen molar-refractivity contribution in [1.82, 2.24) is 14.8 Å². The zero-order chi connectivity index (χ0) is 21.0. The van der Waals surface area contributed by atoms with Gasteiger partial charge in [-0.05, 0) is 42.0 Å². The maximum absolute atomic E-state index is 12.4. The Balaban J connectivity index is 1.40. The standard InChI is InChI=1S/C21H18N4O4S/c26-21(23-20-10-13-25(24-20)14-16-8-11-22-12-9-16)19-7-6-17(29-19)15-30(27,28)18-4-2-1-3-5-18/h1-13H,14-15H2,(H,23,24,26). The van der Waals surface area contributed by atoms with E-state index in [4.69, 9.17) is 4.42 Å². The zero-order valence-corrected chi connectivity index (χ0v) is 16.6. The maximum atomic E-state index is 12.4. The number of rotatable bonds is 7. The van der Waals surface area contributed by atoms with Gasteiger partial charge in [-0.1, -0.05) is 18.2 Å². The molecule has 0 radical (unpaired) electrons. The molecule has 152 valence electrons. The summed E-state index contributed by atoms with van der Waals surface area (Å²) in [6.45, 7) is 0.542. The first-order valence-corrected chi connectivity index (χ1v) is 10.7. The highest BCUT2D eigenvalue weighted by Gasteiger charge is 2.19. The summed E-state index contributed by atoms with van der Waals surface area (Å²) in [5.41, 5.74) is 1.03. The van der Waals surface area contributed by atoms with E-state index in [1.165, 1.54) is 24.3 Å². The molecule has 0 spiro atoms. The molecule has 8 nitrogen and oxygen atoms in total. The highest BCUT2D eigenvalue weighted by molar-refractivity contribution is 7.90. The molecule has 0 bridgehead atoms. The molecule has 3 aromatic heterocycles. The summed E-state index contributed by atoms with van der Waals surface area (Å²) in [7, 11) is -3.56. The van der Waals surface area contributed by atoms with Gasteiger partial charge < -0.3 is 9.73 Å². The van der Waals surface area contributed by atoms with E-state index in [9.17, 15) is 13.2 Å². The van der Waals surface area contributed by atoms with Gasteiger partial charge in [-0.3, -0.25) is 14.5 Å². The van der Waals surface area contributed by atoms with Crippen LogP contribution < -0.4 is 5.32 Å². The van der Waals surface area contributed by atoms with Crippen LogP contribution in [0.25, 0.3) is 0 Å². The number of sulfone groups is 1. The summed E-state index contributed by atoms with van der Waals surface area (Å²) in [5.74, 6) is -0.272. The third-order valence-electron chi connectivity index (χ3n) is 4.30. The molecule has 1 aromatic carbocycles. The molecule has 4 rings (SSSR count). The monoisotopic (exact) mass is 422 g/mol. The fourth-order valence-corrected chi connectivity index (χ4v) is 4.11. The van der Waals surface area contributed by atoms with Crippen LogP contribution in [0.5, 0.6) is 0 Å². The van der Waals surface area contributed by atoms with Crippen LogP contribution in [-0.2, 0) is 22.1 Å². The van der Waals surface area contributed by atoms with Crippen molar-refractivity contribution in [3.8, 4) is 0 Å². The van der Waals surface area contributed by atoms with Crippen molar-refractivity contribution in [3.63, 3.8) is 0 Å². The van der Waals surface area contributed by atoms with Crippen LogP contribution in [0, 0.1) is 0 Å². The molecule has 0 saturated carbocycles. The molecule has 3 heterocycles. The van der Waals surface area contributed by atoms with Gasteiger partial charge in [0.25, 0.3) is 5.91 Å². The number of hydrogen-bond donors (Lipinski definition) is 1. The Morgan fingerprint density at radius 1 is 1.00 bits per heavy atom. The lowest BCUT2D eigenvalue weighted by atomic mass is 10.3. The molecular weight excluding hydrogens is 404 g/mol. The fourth-order valence-electron chi connectivity index (χ4n) is 2.85. The SMILES string of the molecule is O=C(Nc1ccn(Cc2ccncc2)n1)c1ccc(CS(=O)(=O)c2ccccc2)o1. The Kier molecular flexibility index (Phi) is 5.44. The molecule has 1 N–H and O–H groups in total. The number of hydrogen-bond acceptors (Lipinski definition) is 6. The van der Waals surface area contributed by atoms with Gasteiger partial charge in [0.05, 0.1) is 11.4 Å². The second kappa shape index (κ2) is 8.34. The molecule has 0 aliphatic heterocycles. The van der Waals surface area contributed by atoms with Crippen LogP contribution in [0.4, 0.5) is 5.82 Å². The molecule has 9 heteroatoms. The minimum Gasteiger partial charge on any atom is -0.455 e. The summed E-state index contributed by atoms with van der Waals surface area (Å²) >= 11 is 0. The normalized spacial score (nSPS) is 11.3. The number of carbonyl (C=O) groups is 1. The van der Waals surface area contributed by atoms with Crippen LogP contribution in [0.1, 0.15) is 21.9 Å². The van der Waals surface area contributed by atoms with Crippen molar-refractivity contribution < 1.29 is 17.6 Å². The largest absolute Gasteiger partial charge is 0.455 e. The molecule has 30 heavy (non-hydrogen) atoms. The van der Waals surface area contributed by atoms with E-state index in [0.717, 1.165) is 5.56 Å². The Bertz CT molecular complexity index is 1250. The number of furan rings is 1. The number of aromatic nitrogens is 3. The fraction of sp³-hybridized carbons (Fsp3) is 0.0952. The Labute approximate surface area is 173 Å². The number of amides is 1. The first kappa shape index (κ1) is 19.6. The van der Waals surface area contributed by atoms with Gasteiger partial charge in [-0.2, -0.15) is 5.10 Å². The highest BCUT2D eigenvalue weighted by atomic mass is 32.2. The first-order chi connectivity index (χ1) is 14.5. The van der Waals surface area contributed by atoms with E-state index in [-0.39, 0.29) is 22.2 Å². The van der Waals surface area contributed by atoms with E-state index in [1.54, 1.807) is 47.5 Å². The molecule has 1 amide bonds. The van der Waals surface area contributed by atoms with Gasteiger partial charge in [-0.15, -0.1) is 0 Å². The number of nitrogens with zero attached hydrogens (tertiary/aromatic N) is 3. The number of pyridine rings is 1.